The maximum atomic E-state index is 14.3. The van der Waals surface area contributed by atoms with Gasteiger partial charge < -0.3 is 23.0 Å². The van der Waals surface area contributed by atoms with Crippen molar-refractivity contribution in [3.63, 3.8) is 0 Å². The molecule has 7 nitrogen and oxygen atoms in total. The van der Waals surface area contributed by atoms with Crippen LogP contribution in [-0.2, 0) is 9.31 Å². The molecular weight excluding hydrogens is 1370 g/mol. The minimum Gasteiger partial charge on any atom is -0.399 e. The number of para-hydroxylation sites is 6. The first-order chi connectivity index (χ1) is 47.7. The van der Waals surface area contributed by atoms with E-state index in [0.717, 1.165) is 94.1 Å². The minimum atomic E-state index is -0.336. The highest BCUT2D eigenvalue weighted by atomic mass is 79.9. The van der Waals surface area contributed by atoms with Crippen LogP contribution in [0.1, 0.15) is 27.7 Å². The summed E-state index contributed by atoms with van der Waals surface area (Å²) in [5.41, 5.74) is 15.3. The number of rotatable bonds is 6. The zero-order valence-electron chi connectivity index (χ0n) is 53.8. The van der Waals surface area contributed by atoms with Gasteiger partial charge in [-0.3, -0.25) is 9.59 Å². The number of hydrogen-bond acceptors (Lipinski definition) is 6. The second kappa shape index (κ2) is 24.5. The lowest BCUT2D eigenvalue weighted by Crippen LogP contribution is -2.41. The molecule has 6 heterocycles. The lowest BCUT2D eigenvalue weighted by molar-refractivity contribution is 0.00578. The molecular formula is C86H60BBr2N3O4S2. The fourth-order valence-corrected chi connectivity index (χ4v) is 17.6. The number of hydrogen-bond donors (Lipinski definition) is 0. The molecule has 0 unspecified atom stereocenters. The molecule has 0 atom stereocenters. The van der Waals surface area contributed by atoms with Crippen LogP contribution in [0.2, 0.25) is 0 Å². The lowest BCUT2D eigenvalue weighted by Gasteiger charge is -2.32. The third-order valence-electron chi connectivity index (χ3n) is 19.6. The molecule has 1 fully saturated rings. The highest BCUT2D eigenvalue weighted by Gasteiger charge is 2.51. The largest absolute Gasteiger partial charge is 0.494 e. The van der Waals surface area contributed by atoms with Gasteiger partial charge in [-0.05, 0) is 193 Å². The zero-order chi connectivity index (χ0) is 66.6. The molecule has 19 rings (SSSR count). The maximum absolute atomic E-state index is 14.3. The van der Waals surface area contributed by atoms with Gasteiger partial charge in [-0.25, -0.2) is 0 Å². The standard InChI is InChI=1S/C49H30N2OS.C24H24BNO2.C13H6Br2OS/c52-49-41-29-24-33(31-20-25-34(26-21-31)50-42-15-5-1-10-37(42)38-11-2-6-16-43(38)50)30-47(41)53-46-19-9-14-36(48(46)49)32-22-27-35(28-23-32)51-44-17-7-3-12-39(44)40-13-4-8-18-45(40)51;1-23(2)24(3,4)28-25(27-23)17-13-15-18(16-14-17)26-21-11-7-5-9-19(21)20-10-6-8-12-22(20)26;14-7-4-5-8-11(6-7)17-10-3-1-2-9(15)12(10)13(8)16/h1-30H;5-16H,1-4H3;1-6H. The molecule has 98 heavy (non-hydrogen) atoms. The predicted molar refractivity (Wildman–Crippen MR) is 423 cm³/mol. The number of nitrogens with zero attached hydrogens (tertiary/aromatic N) is 3. The Morgan fingerprint density at radius 3 is 1.13 bits per heavy atom. The Bertz CT molecular complexity index is 6170. The summed E-state index contributed by atoms with van der Waals surface area (Å²) in [6.45, 7) is 8.33. The van der Waals surface area contributed by atoms with Crippen molar-refractivity contribution >= 4 is 173 Å². The first kappa shape index (κ1) is 61.6. The van der Waals surface area contributed by atoms with Gasteiger partial charge in [0.25, 0.3) is 0 Å². The summed E-state index contributed by atoms with van der Waals surface area (Å²) in [6, 6.07) is 101. The van der Waals surface area contributed by atoms with Crippen LogP contribution in [0.15, 0.2) is 310 Å². The smallest absolute Gasteiger partial charge is 0.399 e. The van der Waals surface area contributed by atoms with E-state index in [1.165, 1.54) is 65.4 Å². The molecule has 0 spiro atoms. The van der Waals surface area contributed by atoms with Crippen LogP contribution >= 0.6 is 54.5 Å². The molecule has 0 saturated carbocycles. The van der Waals surface area contributed by atoms with E-state index in [2.05, 4.69) is 322 Å². The Labute approximate surface area is 590 Å². The van der Waals surface area contributed by atoms with Gasteiger partial charge >= 0.3 is 7.12 Å². The summed E-state index contributed by atoms with van der Waals surface area (Å²) in [5, 5.41) is 10.6. The molecule has 472 valence electrons. The fraction of sp³-hybridized carbons (Fsp3) is 0.0698. The molecule has 0 aliphatic carbocycles. The van der Waals surface area contributed by atoms with Crippen molar-refractivity contribution in [2.45, 2.75) is 38.9 Å². The van der Waals surface area contributed by atoms with E-state index in [1.807, 2.05) is 42.5 Å². The fourth-order valence-electron chi connectivity index (χ4n) is 14.1. The van der Waals surface area contributed by atoms with E-state index in [1.54, 1.807) is 22.7 Å². The van der Waals surface area contributed by atoms with Crippen LogP contribution in [0.25, 0.3) is 145 Å². The lowest BCUT2D eigenvalue weighted by atomic mass is 9.79. The highest BCUT2D eigenvalue weighted by molar-refractivity contribution is 9.11. The SMILES string of the molecule is CC1(C)OB(c2ccc(-n3c4ccccc4c4ccccc43)cc2)OC1(C)C.O=c1c2ccc(-c3ccc(-n4c5ccccc5c5ccccc54)cc3)cc2sc2cccc(-c3ccc(-n4c5ccccc5c5ccccc54)cc3)c12.O=c1c2ccc(Br)cc2sc2cccc(Br)c12. The molecule has 1 saturated heterocycles. The summed E-state index contributed by atoms with van der Waals surface area (Å²) in [5.74, 6) is 0. The van der Waals surface area contributed by atoms with E-state index in [0.29, 0.717) is 0 Å². The molecule has 5 aromatic heterocycles. The third-order valence-corrected chi connectivity index (χ3v) is 23.0. The Hall–Kier alpha value is -10.0. The number of aromatic nitrogens is 3. The summed E-state index contributed by atoms with van der Waals surface area (Å²) >= 11 is 10.2. The van der Waals surface area contributed by atoms with Gasteiger partial charge in [0.05, 0.1) is 49.7 Å². The molecule has 1 aliphatic rings. The van der Waals surface area contributed by atoms with Crippen molar-refractivity contribution < 1.29 is 9.31 Å². The third kappa shape index (κ3) is 10.5. The van der Waals surface area contributed by atoms with Gasteiger partial charge in [0.1, 0.15) is 0 Å². The van der Waals surface area contributed by atoms with Crippen molar-refractivity contribution in [2.24, 2.45) is 0 Å². The molecule has 0 amide bonds. The quantitative estimate of drug-likeness (QED) is 0.123. The second-order valence-electron chi connectivity index (χ2n) is 25.9. The van der Waals surface area contributed by atoms with Crippen LogP contribution in [-0.4, -0.2) is 32.0 Å². The van der Waals surface area contributed by atoms with Crippen LogP contribution in [0.5, 0.6) is 0 Å². The van der Waals surface area contributed by atoms with Gasteiger partial charge in [0, 0.05) is 93.3 Å². The molecule has 0 bridgehead atoms. The Morgan fingerprint density at radius 2 is 0.684 bits per heavy atom. The van der Waals surface area contributed by atoms with Crippen LogP contribution in [0, 0.1) is 0 Å². The Balaban J connectivity index is 0.000000132. The van der Waals surface area contributed by atoms with Crippen LogP contribution in [0.4, 0.5) is 0 Å². The van der Waals surface area contributed by atoms with E-state index in [9.17, 15) is 9.59 Å². The van der Waals surface area contributed by atoms with Gasteiger partial charge in [-0.15, -0.1) is 22.7 Å². The maximum Gasteiger partial charge on any atom is 0.494 e. The average molecular weight is 1430 g/mol. The first-order valence-electron chi connectivity index (χ1n) is 32.7. The zero-order valence-corrected chi connectivity index (χ0v) is 58.6. The number of halogens is 2. The van der Waals surface area contributed by atoms with E-state index < -0.39 is 0 Å². The van der Waals surface area contributed by atoms with Crippen molar-refractivity contribution in [3.05, 3.63) is 321 Å². The summed E-state index contributed by atoms with van der Waals surface area (Å²) in [7, 11) is -0.336. The molecule has 0 radical (unpaired) electrons. The second-order valence-corrected chi connectivity index (χ2v) is 29.8. The van der Waals surface area contributed by atoms with E-state index in [-0.39, 0.29) is 29.2 Å². The summed E-state index contributed by atoms with van der Waals surface area (Å²) in [6.07, 6.45) is 0. The van der Waals surface area contributed by atoms with Crippen molar-refractivity contribution in [1.29, 1.82) is 0 Å². The highest BCUT2D eigenvalue weighted by Crippen LogP contribution is 2.41. The van der Waals surface area contributed by atoms with Gasteiger partial charge in [0.15, 0.2) is 10.9 Å². The topological polar surface area (TPSA) is 67.4 Å². The monoisotopic (exact) mass is 1430 g/mol. The molecule has 1 aliphatic heterocycles. The normalized spacial score (nSPS) is 13.6. The van der Waals surface area contributed by atoms with Crippen LogP contribution < -0.4 is 16.3 Å². The number of fused-ring (bicyclic) bond motifs is 13. The average Bonchev–Trinajstić information content (AvgIpc) is 1.08. The van der Waals surface area contributed by atoms with Crippen molar-refractivity contribution in [2.75, 3.05) is 0 Å². The van der Waals surface area contributed by atoms with Gasteiger partial charge in [-0.1, -0.05) is 186 Å². The summed E-state index contributed by atoms with van der Waals surface area (Å²) in [4.78, 5) is 26.6. The van der Waals surface area contributed by atoms with Gasteiger partial charge in [0.2, 0.25) is 0 Å². The first-order valence-corrected chi connectivity index (χ1v) is 35.9. The summed E-state index contributed by atoms with van der Waals surface area (Å²) < 4.78 is 25.2. The molecule has 13 aromatic carbocycles. The molecule has 0 N–H and O–H groups in total. The molecule has 12 heteroatoms. The van der Waals surface area contributed by atoms with Crippen LogP contribution in [0.3, 0.4) is 0 Å². The van der Waals surface area contributed by atoms with E-state index in [4.69, 9.17) is 9.31 Å². The minimum absolute atomic E-state index is 0.0732. The number of benzene rings is 13. The Morgan fingerprint density at radius 1 is 0.327 bits per heavy atom. The van der Waals surface area contributed by atoms with E-state index >= 15 is 0 Å². The predicted octanol–water partition coefficient (Wildman–Crippen LogP) is 23.0. The van der Waals surface area contributed by atoms with Gasteiger partial charge in [-0.2, -0.15) is 0 Å². The molecule has 18 aromatic rings. The van der Waals surface area contributed by atoms with Crippen molar-refractivity contribution in [1.82, 2.24) is 13.7 Å². The van der Waals surface area contributed by atoms with Crippen molar-refractivity contribution in [3.8, 4) is 39.3 Å². The Kier molecular flexibility index (Phi) is 15.4.